The van der Waals surface area contributed by atoms with Crippen molar-refractivity contribution in [2.75, 3.05) is 6.61 Å². The quantitative estimate of drug-likeness (QED) is 0.643. The van der Waals surface area contributed by atoms with Crippen LogP contribution >= 0.6 is 0 Å². The highest BCUT2D eigenvalue weighted by molar-refractivity contribution is 5.83. The Bertz CT molecular complexity index is 699. The first-order chi connectivity index (χ1) is 12.6. The van der Waals surface area contributed by atoms with Crippen LogP contribution in [0.4, 0.5) is 0 Å². The molecule has 0 amide bonds. The Kier molecular flexibility index (Phi) is 6.89. The highest BCUT2D eigenvalue weighted by Gasteiger charge is 2.63. The second-order valence-electron chi connectivity index (χ2n) is 5.76. The molecule has 3 atom stereocenters. The molecule has 2 aliphatic rings. The van der Waals surface area contributed by atoms with Gasteiger partial charge in [0.15, 0.2) is 0 Å². The smallest absolute Gasteiger partial charge is 0.343 e. The van der Waals surface area contributed by atoms with Crippen molar-refractivity contribution < 1.29 is 29.3 Å². The molecule has 6 heteroatoms. The van der Waals surface area contributed by atoms with E-state index in [0.29, 0.717) is 6.10 Å². The SMILES string of the molecule is CCC1OC1(C(=O)O)c1ccccc1.O=CO.c1ccc(C2CO2)cc1. The van der Waals surface area contributed by atoms with Gasteiger partial charge in [0, 0.05) is 0 Å². The zero-order chi connectivity index (χ0) is 19.0. The number of hydrogen-bond acceptors (Lipinski definition) is 4. The van der Waals surface area contributed by atoms with Gasteiger partial charge in [-0.3, -0.25) is 4.79 Å². The predicted molar refractivity (Wildman–Crippen MR) is 94.7 cm³/mol. The molecule has 26 heavy (non-hydrogen) atoms. The maximum absolute atomic E-state index is 11.1. The molecule has 138 valence electrons. The molecule has 2 N–H and O–H groups in total. The lowest BCUT2D eigenvalue weighted by molar-refractivity contribution is -0.143. The van der Waals surface area contributed by atoms with Crippen LogP contribution < -0.4 is 0 Å². The predicted octanol–water partition coefficient (Wildman–Crippen LogP) is 3.23. The lowest BCUT2D eigenvalue weighted by Gasteiger charge is -2.06. The van der Waals surface area contributed by atoms with Crippen LogP contribution in [0.25, 0.3) is 0 Å². The van der Waals surface area contributed by atoms with Crippen molar-refractivity contribution in [2.24, 2.45) is 0 Å². The van der Waals surface area contributed by atoms with Crippen LogP contribution in [-0.2, 0) is 24.7 Å². The van der Waals surface area contributed by atoms with E-state index in [9.17, 15) is 4.79 Å². The average Bonchev–Trinajstić information content (AvgIpc) is 3.58. The highest BCUT2D eigenvalue weighted by atomic mass is 16.6. The maximum Gasteiger partial charge on any atom is 0.343 e. The number of rotatable bonds is 4. The molecule has 2 fully saturated rings. The number of aliphatic carboxylic acids is 1. The van der Waals surface area contributed by atoms with Crippen LogP contribution in [0.1, 0.15) is 30.6 Å². The summed E-state index contributed by atoms with van der Waals surface area (Å²) >= 11 is 0. The number of hydrogen-bond donors (Lipinski definition) is 2. The number of carboxylic acid groups (broad SMARTS) is 2. The second kappa shape index (κ2) is 9.12. The van der Waals surface area contributed by atoms with E-state index in [1.54, 1.807) is 12.1 Å². The molecular formula is C20H22O6. The Labute approximate surface area is 152 Å². The van der Waals surface area contributed by atoms with E-state index in [-0.39, 0.29) is 12.6 Å². The number of epoxide rings is 2. The summed E-state index contributed by atoms with van der Waals surface area (Å²) in [7, 11) is 0. The lowest BCUT2D eigenvalue weighted by Crippen LogP contribution is -2.24. The van der Waals surface area contributed by atoms with E-state index < -0.39 is 11.6 Å². The highest BCUT2D eigenvalue weighted by Crippen LogP contribution is 2.48. The minimum atomic E-state index is -1.07. The number of carbonyl (C=O) groups is 2. The Balaban J connectivity index is 0.000000173. The van der Waals surface area contributed by atoms with Gasteiger partial charge < -0.3 is 19.7 Å². The monoisotopic (exact) mass is 358 g/mol. The van der Waals surface area contributed by atoms with Gasteiger partial charge in [-0.2, -0.15) is 0 Å². The summed E-state index contributed by atoms with van der Waals surface area (Å²) in [5.41, 5.74) is 0.965. The molecule has 0 bridgehead atoms. The van der Waals surface area contributed by atoms with Gasteiger partial charge in [0.2, 0.25) is 5.60 Å². The third-order valence-corrected chi connectivity index (χ3v) is 4.12. The van der Waals surface area contributed by atoms with Crippen molar-refractivity contribution in [1.29, 1.82) is 0 Å². The molecule has 2 saturated heterocycles. The average molecular weight is 358 g/mol. The summed E-state index contributed by atoms with van der Waals surface area (Å²) in [5, 5.41) is 16.0. The third kappa shape index (κ3) is 4.68. The van der Waals surface area contributed by atoms with Gasteiger partial charge >= 0.3 is 5.97 Å². The molecule has 0 saturated carbocycles. The second-order valence-corrected chi connectivity index (χ2v) is 5.76. The Morgan fingerprint density at radius 2 is 1.65 bits per heavy atom. The van der Waals surface area contributed by atoms with Crippen LogP contribution in [0.2, 0.25) is 0 Å². The van der Waals surface area contributed by atoms with Crippen molar-refractivity contribution >= 4 is 12.4 Å². The fourth-order valence-corrected chi connectivity index (χ4v) is 2.72. The van der Waals surface area contributed by atoms with E-state index in [2.05, 4.69) is 12.1 Å². The van der Waals surface area contributed by atoms with E-state index in [1.807, 2.05) is 43.3 Å². The van der Waals surface area contributed by atoms with Crippen molar-refractivity contribution in [2.45, 2.75) is 31.2 Å². The zero-order valence-corrected chi connectivity index (χ0v) is 14.4. The molecule has 0 radical (unpaired) electrons. The molecule has 0 aliphatic carbocycles. The number of benzene rings is 2. The minimum absolute atomic E-state index is 0.178. The minimum Gasteiger partial charge on any atom is -0.483 e. The van der Waals surface area contributed by atoms with Gasteiger partial charge in [0.05, 0.1) is 6.61 Å². The van der Waals surface area contributed by atoms with Crippen molar-refractivity contribution in [3.05, 3.63) is 71.8 Å². The molecule has 2 aromatic rings. The third-order valence-electron chi connectivity index (χ3n) is 4.12. The molecular weight excluding hydrogens is 336 g/mol. The molecule has 3 unspecified atom stereocenters. The topological polar surface area (TPSA) is 99.7 Å². The first-order valence-corrected chi connectivity index (χ1v) is 8.31. The molecule has 2 aliphatic heterocycles. The summed E-state index contributed by atoms with van der Waals surface area (Å²) in [6, 6.07) is 19.4. The van der Waals surface area contributed by atoms with E-state index in [4.69, 9.17) is 24.5 Å². The zero-order valence-electron chi connectivity index (χ0n) is 14.4. The Morgan fingerprint density at radius 1 is 1.15 bits per heavy atom. The Morgan fingerprint density at radius 3 is 2.04 bits per heavy atom. The van der Waals surface area contributed by atoms with Gasteiger partial charge in [-0.25, -0.2) is 4.79 Å². The molecule has 4 rings (SSSR count). The molecule has 2 aromatic carbocycles. The van der Waals surface area contributed by atoms with Crippen LogP contribution in [0.15, 0.2) is 60.7 Å². The van der Waals surface area contributed by atoms with E-state index in [0.717, 1.165) is 18.6 Å². The van der Waals surface area contributed by atoms with Crippen molar-refractivity contribution in [3.8, 4) is 0 Å². The van der Waals surface area contributed by atoms with Crippen LogP contribution in [-0.4, -0.2) is 35.4 Å². The Hall–Kier alpha value is -2.70. The first-order valence-electron chi connectivity index (χ1n) is 8.31. The summed E-state index contributed by atoms with van der Waals surface area (Å²) in [6.07, 6.45) is 0.954. The molecule has 6 nitrogen and oxygen atoms in total. The molecule has 0 aromatic heterocycles. The van der Waals surface area contributed by atoms with Crippen LogP contribution in [0.5, 0.6) is 0 Å². The van der Waals surface area contributed by atoms with Crippen molar-refractivity contribution in [1.82, 2.24) is 0 Å². The van der Waals surface area contributed by atoms with Gasteiger partial charge in [0.25, 0.3) is 6.47 Å². The number of carboxylic acids is 1. The summed E-state index contributed by atoms with van der Waals surface area (Å²) in [6.45, 7) is 2.59. The normalized spacial score (nSPS) is 24.8. The summed E-state index contributed by atoms with van der Waals surface area (Å²) in [5.74, 6) is -0.893. The first kappa shape index (κ1) is 19.6. The summed E-state index contributed by atoms with van der Waals surface area (Å²) < 4.78 is 10.4. The summed E-state index contributed by atoms with van der Waals surface area (Å²) in [4.78, 5) is 19.5. The fourth-order valence-electron chi connectivity index (χ4n) is 2.72. The van der Waals surface area contributed by atoms with Crippen LogP contribution in [0.3, 0.4) is 0 Å². The van der Waals surface area contributed by atoms with E-state index >= 15 is 0 Å². The molecule has 2 heterocycles. The van der Waals surface area contributed by atoms with Gasteiger partial charge in [-0.15, -0.1) is 0 Å². The lowest BCUT2D eigenvalue weighted by atomic mass is 9.94. The standard InChI is InChI=1S/C11H12O3.C8H8O.CH2O2/c1-2-9-11(14-9,10(12)13)8-6-4-3-5-7-8;1-2-4-7(5-3-1)8-6-9-8;2-1-3/h3-7,9H,2H2,1H3,(H,12,13);1-5,8H,6H2;1H,(H,2,3). The molecule has 0 spiro atoms. The van der Waals surface area contributed by atoms with Gasteiger partial charge in [-0.1, -0.05) is 67.6 Å². The van der Waals surface area contributed by atoms with Gasteiger partial charge in [0.1, 0.15) is 12.2 Å². The largest absolute Gasteiger partial charge is 0.483 e. The fraction of sp³-hybridized carbons (Fsp3) is 0.300. The van der Waals surface area contributed by atoms with Crippen molar-refractivity contribution in [3.63, 3.8) is 0 Å². The van der Waals surface area contributed by atoms with Crippen LogP contribution in [0, 0.1) is 0 Å². The maximum atomic E-state index is 11.1. The van der Waals surface area contributed by atoms with Gasteiger partial charge in [-0.05, 0) is 17.5 Å². The van der Waals surface area contributed by atoms with E-state index in [1.165, 1.54) is 5.56 Å². The number of ether oxygens (including phenoxy) is 2.